The Labute approximate surface area is 205 Å². The fourth-order valence-corrected chi connectivity index (χ4v) is 5.01. The first-order valence-corrected chi connectivity index (χ1v) is 12.2. The molecule has 0 spiro atoms. The number of H-pyrrole nitrogens is 1. The van der Waals surface area contributed by atoms with Gasteiger partial charge in [0, 0.05) is 42.8 Å². The Hall–Kier alpha value is -3.52. The number of rotatable bonds is 4. The van der Waals surface area contributed by atoms with E-state index in [2.05, 4.69) is 88.3 Å². The summed E-state index contributed by atoms with van der Waals surface area (Å²) in [6.07, 6.45) is 0. The first-order chi connectivity index (χ1) is 16.7. The number of aromatic nitrogens is 5. The lowest BCUT2D eigenvalue weighted by Crippen LogP contribution is -2.49. The number of aromatic amines is 1. The van der Waals surface area contributed by atoms with Crippen LogP contribution in [0.3, 0.4) is 0 Å². The van der Waals surface area contributed by atoms with E-state index in [-0.39, 0.29) is 17.1 Å². The summed E-state index contributed by atoms with van der Waals surface area (Å²) in [5.41, 5.74) is 4.57. The molecule has 35 heavy (non-hydrogen) atoms. The zero-order valence-electron chi connectivity index (χ0n) is 21.1. The summed E-state index contributed by atoms with van der Waals surface area (Å²) in [6, 6.07) is 16.3. The van der Waals surface area contributed by atoms with Crippen molar-refractivity contribution in [2.24, 2.45) is 0 Å². The molecule has 0 bridgehead atoms. The minimum Gasteiger partial charge on any atom is -0.369 e. The molecular weight excluding hydrogens is 438 g/mol. The SMILES string of the molecule is Cc1ccc(C)c2[nH]c(=O)c([C@@H](c3nnnn3C(C)(C)C)N3CCN(c4ccccc4)CC3)cc12. The molecule has 8 nitrogen and oxygen atoms in total. The van der Waals surface area contributed by atoms with Crippen LogP contribution in [0.15, 0.2) is 53.3 Å². The summed E-state index contributed by atoms with van der Waals surface area (Å²) in [4.78, 5) is 21.5. The van der Waals surface area contributed by atoms with E-state index in [9.17, 15) is 4.79 Å². The highest BCUT2D eigenvalue weighted by atomic mass is 16.1. The number of nitrogens with zero attached hydrogens (tertiary/aromatic N) is 6. The molecule has 0 unspecified atom stereocenters. The van der Waals surface area contributed by atoms with Gasteiger partial charge in [0.1, 0.15) is 6.04 Å². The summed E-state index contributed by atoms with van der Waals surface area (Å²) >= 11 is 0. The van der Waals surface area contributed by atoms with Crippen LogP contribution in [0.4, 0.5) is 5.69 Å². The van der Waals surface area contributed by atoms with Gasteiger partial charge in [-0.3, -0.25) is 9.69 Å². The lowest BCUT2D eigenvalue weighted by atomic mass is 9.98. The minimum atomic E-state index is -0.352. The molecule has 2 aromatic heterocycles. The zero-order valence-corrected chi connectivity index (χ0v) is 21.1. The Morgan fingerprint density at radius 2 is 1.63 bits per heavy atom. The van der Waals surface area contributed by atoms with E-state index in [4.69, 9.17) is 0 Å². The third-order valence-electron chi connectivity index (χ3n) is 6.94. The molecule has 3 heterocycles. The van der Waals surface area contributed by atoms with Gasteiger partial charge in [0.05, 0.1) is 11.1 Å². The zero-order chi connectivity index (χ0) is 24.7. The van der Waals surface area contributed by atoms with Crippen molar-refractivity contribution in [2.45, 2.75) is 46.2 Å². The van der Waals surface area contributed by atoms with Crippen LogP contribution in [0.1, 0.15) is 49.3 Å². The van der Waals surface area contributed by atoms with Crippen molar-refractivity contribution in [1.82, 2.24) is 30.1 Å². The van der Waals surface area contributed by atoms with E-state index in [1.165, 1.54) is 5.69 Å². The molecule has 2 aromatic carbocycles. The number of hydrogen-bond acceptors (Lipinski definition) is 6. The number of pyridine rings is 1. The molecule has 4 aromatic rings. The maximum atomic E-state index is 13.6. The third-order valence-corrected chi connectivity index (χ3v) is 6.94. The van der Waals surface area contributed by atoms with Crippen LogP contribution in [0.25, 0.3) is 10.9 Å². The fourth-order valence-electron chi connectivity index (χ4n) is 5.01. The van der Waals surface area contributed by atoms with Gasteiger partial charge in [-0.25, -0.2) is 4.68 Å². The summed E-state index contributed by atoms with van der Waals surface area (Å²) in [7, 11) is 0. The van der Waals surface area contributed by atoms with Crippen LogP contribution < -0.4 is 10.5 Å². The summed E-state index contributed by atoms with van der Waals surface area (Å²) in [5, 5.41) is 13.9. The Bertz CT molecular complexity index is 1390. The van der Waals surface area contributed by atoms with Gasteiger partial charge in [-0.1, -0.05) is 30.3 Å². The van der Waals surface area contributed by atoms with Crippen LogP contribution in [-0.4, -0.2) is 56.3 Å². The van der Waals surface area contributed by atoms with Crippen LogP contribution in [0.5, 0.6) is 0 Å². The molecule has 0 radical (unpaired) electrons. The number of nitrogens with one attached hydrogen (secondary N) is 1. The molecule has 1 aliphatic heterocycles. The number of aryl methyl sites for hydroxylation is 2. The van der Waals surface area contributed by atoms with Gasteiger partial charge in [-0.05, 0) is 74.4 Å². The molecular formula is C27H33N7O. The number of tetrazole rings is 1. The van der Waals surface area contributed by atoms with Gasteiger partial charge in [-0.2, -0.15) is 0 Å². The van der Waals surface area contributed by atoms with Crippen molar-refractivity contribution in [1.29, 1.82) is 0 Å². The summed E-state index contributed by atoms with van der Waals surface area (Å²) in [5.74, 6) is 0.695. The Balaban J connectivity index is 1.60. The van der Waals surface area contributed by atoms with Gasteiger partial charge in [0.15, 0.2) is 5.82 Å². The molecule has 1 atom stereocenters. The first kappa shape index (κ1) is 23.2. The molecule has 0 saturated carbocycles. The fraction of sp³-hybridized carbons (Fsp3) is 0.407. The predicted molar refractivity (Wildman–Crippen MR) is 139 cm³/mol. The second kappa shape index (κ2) is 8.92. The van der Waals surface area contributed by atoms with E-state index in [1.54, 1.807) is 0 Å². The quantitative estimate of drug-likeness (QED) is 0.488. The predicted octanol–water partition coefficient (Wildman–Crippen LogP) is 3.80. The molecule has 182 valence electrons. The molecule has 1 saturated heterocycles. The van der Waals surface area contributed by atoms with Crippen molar-refractivity contribution in [2.75, 3.05) is 31.1 Å². The van der Waals surface area contributed by atoms with Gasteiger partial charge in [0.2, 0.25) is 0 Å². The average molecular weight is 472 g/mol. The minimum absolute atomic E-state index is 0.0925. The Kier molecular flexibility index (Phi) is 5.92. The van der Waals surface area contributed by atoms with Crippen LogP contribution in [0.2, 0.25) is 0 Å². The number of hydrogen-bond donors (Lipinski definition) is 1. The average Bonchev–Trinajstić information content (AvgIpc) is 3.34. The van der Waals surface area contributed by atoms with Gasteiger partial charge >= 0.3 is 0 Å². The summed E-state index contributed by atoms with van der Waals surface area (Å²) < 4.78 is 1.86. The summed E-state index contributed by atoms with van der Waals surface area (Å²) in [6.45, 7) is 13.7. The second-order valence-corrected chi connectivity index (χ2v) is 10.4. The lowest BCUT2D eigenvalue weighted by Gasteiger charge is -2.40. The Morgan fingerprint density at radius 3 is 2.31 bits per heavy atom. The third kappa shape index (κ3) is 4.34. The number of para-hydroxylation sites is 1. The van der Waals surface area contributed by atoms with Crippen LogP contribution in [-0.2, 0) is 5.54 Å². The highest BCUT2D eigenvalue weighted by molar-refractivity contribution is 5.85. The van der Waals surface area contributed by atoms with Gasteiger partial charge in [-0.15, -0.1) is 5.10 Å². The number of benzene rings is 2. The highest BCUT2D eigenvalue weighted by Crippen LogP contribution is 2.31. The van der Waals surface area contributed by atoms with Crippen LogP contribution >= 0.6 is 0 Å². The van der Waals surface area contributed by atoms with Gasteiger partial charge < -0.3 is 9.88 Å². The molecule has 1 N–H and O–H groups in total. The molecule has 8 heteroatoms. The van der Waals surface area contributed by atoms with Crippen molar-refractivity contribution >= 4 is 16.6 Å². The molecule has 0 amide bonds. The van der Waals surface area contributed by atoms with E-state index in [0.29, 0.717) is 11.4 Å². The van der Waals surface area contributed by atoms with E-state index >= 15 is 0 Å². The molecule has 5 rings (SSSR count). The Morgan fingerprint density at radius 1 is 0.943 bits per heavy atom. The maximum Gasteiger partial charge on any atom is 0.253 e. The topological polar surface area (TPSA) is 82.9 Å². The first-order valence-electron chi connectivity index (χ1n) is 12.2. The van der Waals surface area contributed by atoms with E-state index in [1.807, 2.05) is 29.8 Å². The van der Waals surface area contributed by atoms with Gasteiger partial charge in [0.25, 0.3) is 5.56 Å². The van der Waals surface area contributed by atoms with E-state index < -0.39 is 0 Å². The largest absolute Gasteiger partial charge is 0.369 e. The lowest BCUT2D eigenvalue weighted by molar-refractivity contribution is 0.190. The highest BCUT2D eigenvalue weighted by Gasteiger charge is 2.35. The monoisotopic (exact) mass is 471 g/mol. The van der Waals surface area contributed by atoms with Crippen molar-refractivity contribution in [3.8, 4) is 0 Å². The van der Waals surface area contributed by atoms with Crippen molar-refractivity contribution in [3.63, 3.8) is 0 Å². The second-order valence-electron chi connectivity index (χ2n) is 10.4. The molecule has 0 aliphatic carbocycles. The molecule has 1 fully saturated rings. The number of fused-ring (bicyclic) bond motifs is 1. The number of piperazine rings is 1. The van der Waals surface area contributed by atoms with Crippen molar-refractivity contribution in [3.05, 3.63) is 81.4 Å². The van der Waals surface area contributed by atoms with Crippen LogP contribution in [0, 0.1) is 13.8 Å². The van der Waals surface area contributed by atoms with Crippen molar-refractivity contribution < 1.29 is 0 Å². The number of anilines is 1. The maximum absolute atomic E-state index is 13.6. The normalized spacial score (nSPS) is 16.1. The molecule has 1 aliphatic rings. The van der Waals surface area contributed by atoms with E-state index in [0.717, 1.165) is 48.2 Å². The standard InChI is InChI=1S/C27H33N7O/c1-18-11-12-19(2)23-21(18)17-22(26(35)28-23)24(25-29-30-31-34(25)27(3,4)5)33-15-13-32(14-16-33)20-9-7-6-8-10-20/h6-12,17,24H,13-16H2,1-5H3,(H,28,35)/t24-/m0/s1. The smallest absolute Gasteiger partial charge is 0.253 e.